The normalized spacial score (nSPS) is 10.6. The van der Waals surface area contributed by atoms with Gasteiger partial charge < -0.3 is 10.4 Å². The van der Waals surface area contributed by atoms with Gasteiger partial charge in [0.2, 0.25) is 0 Å². The summed E-state index contributed by atoms with van der Waals surface area (Å²) in [6.45, 7) is 3.85. The molecule has 0 aliphatic rings. The summed E-state index contributed by atoms with van der Waals surface area (Å²) >= 11 is 0. The molecule has 2 N–H and O–H groups in total. The molecule has 1 heterocycles. The molecule has 1 aromatic heterocycles. The molecule has 2 aromatic rings. The molecule has 0 atom stereocenters. The van der Waals surface area contributed by atoms with E-state index >= 15 is 0 Å². The summed E-state index contributed by atoms with van der Waals surface area (Å²) in [5, 5.41) is 15.3. The maximum Gasteiger partial charge on any atom is 0.325 e. The smallest absolute Gasteiger partial charge is 0.325 e. The van der Waals surface area contributed by atoms with Crippen LogP contribution < -0.4 is 5.32 Å². The van der Waals surface area contributed by atoms with Crippen LogP contribution in [0, 0.1) is 0 Å². The number of hydrogen-bond donors (Lipinski definition) is 2. The molecule has 0 aliphatic carbocycles. The molecule has 110 valence electrons. The van der Waals surface area contributed by atoms with E-state index in [0.29, 0.717) is 11.6 Å². The highest BCUT2D eigenvalue weighted by Gasteiger charge is 2.14. The van der Waals surface area contributed by atoms with E-state index in [1.807, 2.05) is 24.3 Å². The Labute approximate surface area is 122 Å². The second-order valence-corrected chi connectivity index (χ2v) is 5.00. The first-order valence-electron chi connectivity index (χ1n) is 6.62. The van der Waals surface area contributed by atoms with Crippen LogP contribution >= 0.6 is 0 Å². The van der Waals surface area contributed by atoms with Crippen molar-refractivity contribution in [3.63, 3.8) is 0 Å². The number of carbonyl (C=O) groups excluding carboxylic acids is 1. The lowest BCUT2D eigenvalue weighted by Gasteiger charge is -2.09. The maximum atomic E-state index is 12.1. The van der Waals surface area contributed by atoms with Gasteiger partial charge in [-0.15, -0.1) is 0 Å². The Hall–Kier alpha value is -2.63. The molecule has 0 saturated heterocycles. The van der Waals surface area contributed by atoms with E-state index in [0.717, 1.165) is 4.68 Å². The van der Waals surface area contributed by atoms with E-state index in [1.165, 1.54) is 17.8 Å². The Kier molecular flexibility index (Phi) is 4.37. The number of nitrogens with zero attached hydrogens (tertiary/aromatic N) is 2. The number of carboxylic acids is 1. The molecule has 0 bridgehead atoms. The fraction of sp³-hybridized carbons (Fsp3) is 0.267. The molecule has 1 aromatic carbocycles. The predicted molar refractivity (Wildman–Crippen MR) is 78.3 cm³/mol. The third-order valence-corrected chi connectivity index (χ3v) is 3.07. The third kappa shape index (κ3) is 3.68. The number of anilines is 1. The van der Waals surface area contributed by atoms with Crippen LogP contribution in [0.1, 0.15) is 35.8 Å². The standard InChI is InChI=1S/C15H17N3O3/c1-10(2)11-3-5-12(6-4-11)17-15(21)13-7-8-16-18(13)9-14(19)20/h3-8,10H,9H2,1-2H3,(H,17,21)(H,19,20). The van der Waals surface area contributed by atoms with Crippen LogP contribution in [0.2, 0.25) is 0 Å². The van der Waals surface area contributed by atoms with Gasteiger partial charge in [0.1, 0.15) is 12.2 Å². The molecular formula is C15H17N3O3. The predicted octanol–water partition coefficient (Wildman–Crippen LogP) is 2.34. The number of carboxylic acid groups (broad SMARTS) is 1. The Bertz CT molecular complexity index is 644. The number of aliphatic carboxylic acids is 1. The first-order valence-corrected chi connectivity index (χ1v) is 6.62. The summed E-state index contributed by atoms with van der Waals surface area (Å²) in [5.41, 5.74) is 2.06. The molecule has 0 aliphatic heterocycles. The van der Waals surface area contributed by atoms with Gasteiger partial charge in [-0.1, -0.05) is 26.0 Å². The molecule has 6 nitrogen and oxygen atoms in total. The van der Waals surface area contributed by atoms with Crippen molar-refractivity contribution in [2.24, 2.45) is 0 Å². The lowest BCUT2D eigenvalue weighted by molar-refractivity contribution is -0.137. The Balaban J connectivity index is 2.11. The second kappa shape index (κ2) is 6.21. The van der Waals surface area contributed by atoms with Gasteiger partial charge in [-0.05, 0) is 29.7 Å². The van der Waals surface area contributed by atoms with Crippen LogP contribution in [-0.2, 0) is 11.3 Å². The van der Waals surface area contributed by atoms with E-state index in [4.69, 9.17) is 5.11 Å². The van der Waals surface area contributed by atoms with Crippen LogP contribution in [0.15, 0.2) is 36.5 Å². The molecule has 21 heavy (non-hydrogen) atoms. The minimum atomic E-state index is -1.05. The highest BCUT2D eigenvalue weighted by Crippen LogP contribution is 2.17. The molecule has 0 radical (unpaired) electrons. The Morgan fingerprint density at radius 2 is 1.90 bits per heavy atom. The number of aromatic nitrogens is 2. The molecular weight excluding hydrogens is 270 g/mol. The van der Waals surface area contributed by atoms with E-state index in [9.17, 15) is 9.59 Å². The van der Waals surface area contributed by atoms with E-state index < -0.39 is 5.97 Å². The van der Waals surface area contributed by atoms with E-state index in [2.05, 4.69) is 24.3 Å². The number of carbonyl (C=O) groups is 2. The summed E-state index contributed by atoms with van der Waals surface area (Å²) in [6, 6.07) is 9.04. The average molecular weight is 287 g/mol. The van der Waals surface area contributed by atoms with Gasteiger partial charge in [0.25, 0.3) is 5.91 Å². The van der Waals surface area contributed by atoms with Gasteiger partial charge in [-0.25, -0.2) is 4.68 Å². The SMILES string of the molecule is CC(C)c1ccc(NC(=O)c2ccnn2CC(=O)O)cc1. The topological polar surface area (TPSA) is 84.2 Å². The van der Waals surface area contributed by atoms with Crippen molar-refractivity contribution < 1.29 is 14.7 Å². The van der Waals surface area contributed by atoms with Gasteiger partial charge >= 0.3 is 5.97 Å². The fourth-order valence-corrected chi connectivity index (χ4v) is 1.93. The van der Waals surface area contributed by atoms with Crippen molar-refractivity contribution in [3.05, 3.63) is 47.8 Å². The van der Waals surface area contributed by atoms with Crippen molar-refractivity contribution >= 4 is 17.6 Å². The van der Waals surface area contributed by atoms with Crippen LogP contribution in [-0.4, -0.2) is 26.8 Å². The molecule has 6 heteroatoms. The highest BCUT2D eigenvalue weighted by molar-refractivity contribution is 6.03. The molecule has 0 fully saturated rings. The van der Waals surface area contributed by atoms with Crippen molar-refractivity contribution in [3.8, 4) is 0 Å². The monoisotopic (exact) mass is 287 g/mol. The van der Waals surface area contributed by atoms with Gasteiger partial charge in [0, 0.05) is 11.9 Å². The summed E-state index contributed by atoms with van der Waals surface area (Å²) < 4.78 is 1.15. The zero-order chi connectivity index (χ0) is 15.4. The molecule has 1 amide bonds. The van der Waals surface area contributed by atoms with Gasteiger partial charge in [-0.3, -0.25) is 9.59 Å². The fourth-order valence-electron chi connectivity index (χ4n) is 1.93. The maximum absolute atomic E-state index is 12.1. The van der Waals surface area contributed by atoms with Gasteiger partial charge in [-0.2, -0.15) is 5.10 Å². The van der Waals surface area contributed by atoms with Crippen LogP contribution in [0.4, 0.5) is 5.69 Å². The third-order valence-electron chi connectivity index (χ3n) is 3.07. The molecule has 2 rings (SSSR count). The number of hydrogen-bond acceptors (Lipinski definition) is 3. The molecule has 0 spiro atoms. The minimum absolute atomic E-state index is 0.213. The summed E-state index contributed by atoms with van der Waals surface area (Å²) in [6.07, 6.45) is 1.40. The highest BCUT2D eigenvalue weighted by atomic mass is 16.4. The van der Waals surface area contributed by atoms with Crippen LogP contribution in [0.3, 0.4) is 0 Å². The van der Waals surface area contributed by atoms with Crippen molar-refractivity contribution in [2.45, 2.75) is 26.3 Å². The van der Waals surface area contributed by atoms with Crippen molar-refractivity contribution in [1.29, 1.82) is 0 Å². The van der Waals surface area contributed by atoms with Crippen LogP contribution in [0.25, 0.3) is 0 Å². The van der Waals surface area contributed by atoms with E-state index in [-0.39, 0.29) is 18.1 Å². The lowest BCUT2D eigenvalue weighted by atomic mass is 10.0. The number of nitrogens with one attached hydrogen (secondary N) is 1. The lowest BCUT2D eigenvalue weighted by Crippen LogP contribution is -2.20. The van der Waals surface area contributed by atoms with Crippen molar-refractivity contribution in [2.75, 3.05) is 5.32 Å². The number of rotatable bonds is 5. The van der Waals surface area contributed by atoms with E-state index in [1.54, 1.807) is 0 Å². The average Bonchev–Trinajstić information content (AvgIpc) is 2.86. The minimum Gasteiger partial charge on any atom is -0.480 e. The largest absolute Gasteiger partial charge is 0.480 e. The van der Waals surface area contributed by atoms with Crippen LogP contribution in [0.5, 0.6) is 0 Å². The quantitative estimate of drug-likeness (QED) is 0.884. The first kappa shape index (κ1) is 14.8. The number of amides is 1. The molecule has 0 unspecified atom stereocenters. The zero-order valence-electron chi connectivity index (χ0n) is 11.9. The number of benzene rings is 1. The molecule has 0 saturated carbocycles. The summed E-state index contributed by atoms with van der Waals surface area (Å²) in [7, 11) is 0. The second-order valence-electron chi connectivity index (χ2n) is 5.00. The van der Waals surface area contributed by atoms with Gasteiger partial charge in [0.05, 0.1) is 0 Å². The Morgan fingerprint density at radius 3 is 2.48 bits per heavy atom. The summed E-state index contributed by atoms with van der Waals surface area (Å²) in [4.78, 5) is 22.8. The first-order chi connectivity index (χ1) is 9.97. The van der Waals surface area contributed by atoms with Crippen molar-refractivity contribution in [1.82, 2.24) is 9.78 Å². The van der Waals surface area contributed by atoms with Gasteiger partial charge in [0.15, 0.2) is 0 Å². The summed E-state index contributed by atoms with van der Waals surface area (Å²) in [5.74, 6) is -1.01. The zero-order valence-corrected chi connectivity index (χ0v) is 11.9. The Morgan fingerprint density at radius 1 is 1.24 bits per heavy atom.